The van der Waals surface area contributed by atoms with Crippen LogP contribution in [-0.4, -0.2) is 28.1 Å². The molecule has 2 aromatic carbocycles. The highest BCUT2D eigenvalue weighted by atomic mass is 32.2. The fourth-order valence-electron chi connectivity index (χ4n) is 2.62. The first-order valence-electron chi connectivity index (χ1n) is 7.99. The summed E-state index contributed by atoms with van der Waals surface area (Å²) in [5, 5.41) is 14.1. The summed E-state index contributed by atoms with van der Waals surface area (Å²) in [4.78, 5) is 13.0. The molecule has 0 fully saturated rings. The number of carbonyl (C=O) groups is 1. The number of carboxylic acid groups (broad SMARTS) is 1. The van der Waals surface area contributed by atoms with Crippen molar-refractivity contribution in [3.05, 3.63) is 77.3 Å². The number of rotatable bonds is 8. The molecule has 1 atom stereocenters. The van der Waals surface area contributed by atoms with Crippen LogP contribution >= 0.6 is 11.8 Å². The van der Waals surface area contributed by atoms with E-state index in [4.69, 9.17) is 9.84 Å². The molecule has 1 heterocycles. The van der Waals surface area contributed by atoms with Gasteiger partial charge in [-0.05, 0) is 28.7 Å². The zero-order valence-corrected chi connectivity index (χ0v) is 14.5. The fraction of sp³-hybridized carbons (Fsp3) is 0.211. The summed E-state index contributed by atoms with van der Waals surface area (Å²) in [7, 11) is 0. The Morgan fingerprint density at radius 1 is 1.12 bits per heavy atom. The van der Waals surface area contributed by atoms with Gasteiger partial charge in [0.25, 0.3) is 0 Å². The standard InChI is InChI=1S/C19H20N2O3S/c22-18(23)14-24-17-8-4-7-16(11-17)13-21(19-20-9-10-25-19)12-15-5-2-1-3-6-15/h1-11,19-20H,12-14H2,(H,22,23). The van der Waals surface area contributed by atoms with Crippen LogP contribution in [0.5, 0.6) is 5.75 Å². The van der Waals surface area contributed by atoms with Crippen molar-refractivity contribution in [2.75, 3.05) is 6.61 Å². The number of hydrogen-bond acceptors (Lipinski definition) is 5. The number of hydrogen-bond donors (Lipinski definition) is 2. The molecule has 0 aliphatic carbocycles. The molecule has 0 radical (unpaired) electrons. The zero-order chi connectivity index (χ0) is 17.5. The van der Waals surface area contributed by atoms with Crippen LogP contribution in [0.25, 0.3) is 0 Å². The van der Waals surface area contributed by atoms with Crippen molar-refractivity contribution in [3.8, 4) is 5.75 Å². The van der Waals surface area contributed by atoms with Crippen LogP contribution in [0.2, 0.25) is 0 Å². The number of aliphatic carboxylic acids is 1. The Morgan fingerprint density at radius 2 is 1.88 bits per heavy atom. The lowest BCUT2D eigenvalue weighted by atomic mass is 10.1. The minimum atomic E-state index is -0.978. The molecule has 0 saturated carbocycles. The van der Waals surface area contributed by atoms with Gasteiger partial charge < -0.3 is 15.2 Å². The quantitative estimate of drug-likeness (QED) is 0.757. The molecule has 6 heteroatoms. The van der Waals surface area contributed by atoms with Crippen LogP contribution < -0.4 is 10.1 Å². The maximum absolute atomic E-state index is 10.7. The van der Waals surface area contributed by atoms with Crippen molar-refractivity contribution in [2.45, 2.75) is 18.6 Å². The summed E-state index contributed by atoms with van der Waals surface area (Å²) in [6, 6.07) is 17.9. The molecule has 0 aromatic heterocycles. The molecule has 0 bridgehead atoms. The minimum absolute atomic E-state index is 0.170. The summed E-state index contributed by atoms with van der Waals surface area (Å²) >= 11 is 1.73. The summed E-state index contributed by atoms with van der Waals surface area (Å²) in [5.74, 6) is -0.404. The maximum atomic E-state index is 10.7. The second-order valence-electron chi connectivity index (χ2n) is 5.68. The van der Waals surface area contributed by atoms with Gasteiger partial charge in [0.05, 0.1) is 0 Å². The molecule has 3 rings (SSSR count). The Bertz CT molecular complexity index is 728. The first-order valence-corrected chi connectivity index (χ1v) is 8.93. The Balaban J connectivity index is 1.71. The number of nitrogens with one attached hydrogen (secondary N) is 1. The van der Waals surface area contributed by atoms with E-state index in [1.807, 2.05) is 42.6 Å². The monoisotopic (exact) mass is 356 g/mol. The van der Waals surface area contributed by atoms with Crippen molar-refractivity contribution in [3.63, 3.8) is 0 Å². The third-order valence-corrected chi connectivity index (χ3v) is 4.71. The predicted molar refractivity (Wildman–Crippen MR) is 98.9 cm³/mol. The van der Waals surface area contributed by atoms with E-state index >= 15 is 0 Å². The Kier molecular flexibility index (Phi) is 5.98. The van der Waals surface area contributed by atoms with Gasteiger partial charge in [0.2, 0.25) is 0 Å². The van der Waals surface area contributed by atoms with Gasteiger partial charge in [-0.3, -0.25) is 4.90 Å². The van der Waals surface area contributed by atoms with Crippen LogP contribution in [0.3, 0.4) is 0 Å². The Labute approximate surface area is 151 Å². The summed E-state index contributed by atoms with van der Waals surface area (Å²) in [6.07, 6.45) is 1.96. The van der Waals surface area contributed by atoms with E-state index in [1.54, 1.807) is 17.8 Å². The molecular formula is C19H20N2O3S. The van der Waals surface area contributed by atoms with E-state index in [2.05, 4.69) is 27.8 Å². The fourth-order valence-corrected chi connectivity index (χ4v) is 3.40. The lowest BCUT2D eigenvalue weighted by Gasteiger charge is -2.28. The topological polar surface area (TPSA) is 61.8 Å². The highest BCUT2D eigenvalue weighted by molar-refractivity contribution is 8.02. The number of thioether (sulfide) groups is 1. The Hall–Kier alpha value is -2.44. The van der Waals surface area contributed by atoms with Crippen molar-refractivity contribution in [1.82, 2.24) is 10.2 Å². The van der Waals surface area contributed by atoms with Gasteiger partial charge >= 0.3 is 5.97 Å². The summed E-state index contributed by atoms with van der Waals surface area (Å²) in [5.41, 5.74) is 2.49. The van der Waals surface area contributed by atoms with Crippen LogP contribution in [0, 0.1) is 0 Å². The van der Waals surface area contributed by atoms with Gasteiger partial charge in [-0.1, -0.05) is 54.2 Å². The average molecular weight is 356 g/mol. The molecule has 130 valence electrons. The number of ether oxygens (including phenoxy) is 1. The molecule has 2 N–H and O–H groups in total. The van der Waals surface area contributed by atoms with Crippen molar-refractivity contribution < 1.29 is 14.6 Å². The zero-order valence-electron chi connectivity index (χ0n) is 13.7. The third-order valence-electron chi connectivity index (χ3n) is 3.72. The molecule has 2 aromatic rings. The highest BCUT2D eigenvalue weighted by Crippen LogP contribution is 2.24. The SMILES string of the molecule is O=C(O)COc1cccc(CN(Cc2ccccc2)C2NC=CS2)c1. The minimum Gasteiger partial charge on any atom is -0.482 e. The largest absolute Gasteiger partial charge is 0.482 e. The van der Waals surface area contributed by atoms with Crippen LogP contribution in [-0.2, 0) is 17.9 Å². The third kappa shape index (κ3) is 5.27. The van der Waals surface area contributed by atoms with E-state index in [1.165, 1.54) is 5.56 Å². The van der Waals surface area contributed by atoms with Crippen molar-refractivity contribution in [1.29, 1.82) is 0 Å². The van der Waals surface area contributed by atoms with Gasteiger partial charge in [-0.2, -0.15) is 0 Å². The van der Waals surface area contributed by atoms with Gasteiger partial charge in [0, 0.05) is 19.3 Å². The molecule has 1 aliphatic rings. The van der Waals surface area contributed by atoms with Crippen LogP contribution in [0.1, 0.15) is 11.1 Å². The van der Waals surface area contributed by atoms with E-state index in [0.29, 0.717) is 5.75 Å². The average Bonchev–Trinajstić information content (AvgIpc) is 3.15. The lowest BCUT2D eigenvalue weighted by molar-refractivity contribution is -0.139. The molecule has 1 unspecified atom stereocenters. The van der Waals surface area contributed by atoms with E-state index in [0.717, 1.165) is 18.7 Å². The predicted octanol–water partition coefficient (Wildman–Crippen LogP) is 3.24. The van der Waals surface area contributed by atoms with Crippen molar-refractivity contribution >= 4 is 17.7 Å². The summed E-state index contributed by atoms with van der Waals surface area (Å²) in [6.45, 7) is 1.21. The molecule has 0 amide bonds. The second kappa shape index (κ2) is 8.60. The summed E-state index contributed by atoms with van der Waals surface area (Å²) < 4.78 is 5.28. The molecule has 1 aliphatic heterocycles. The van der Waals surface area contributed by atoms with Gasteiger partial charge in [-0.25, -0.2) is 4.79 Å². The van der Waals surface area contributed by atoms with Crippen LogP contribution in [0.15, 0.2) is 66.2 Å². The Morgan fingerprint density at radius 3 is 2.60 bits per heavy atom. The highest BCUT2D eigenvalue weighted by Gasteiger charge is 2.20. The van der Waals surface area contributed by atoms with E-state index in [9.17, 15) is 4.79 Å². The van der Waals surface area contributed by atoms with Gasteiger partial charge in [0.1, 0.15) is 11.2 Å². The number of carboxylic acids is 1. The molecule has 0 spiro atoms. The lowest BCUT2D eigenvalue weighted by Crippen LogP contribution is -2.38. The van der Waals surface area contributed by atoms with Gasteiger partial charge in [-0.15, -0.1) is 0 Å². The normalized spacial score (nSPS) is 16.0. The van der Waals surface area contributed by atoms with E-state index in [-0.39, 0.29) is 12.1 Å². The molecule has 0 saturated heterocycles. The smallest absolute Gasteiger partial charge is 0.341 e. The first-order chi connectivity index (χ1) is 12.2. The second-order valence-corrected chi connectivity index (χ2v) is 6.67. The molecular weight excluding hydrogens is 336 g/mol. The molecule has 5 nitrogen and oxygen atoms in total. The van der Waals surface area contributed by atoms with E-state index < -0.39 is 5.97 Å². The number of nitrogens with zero attached hydrogens (tertiary/aromatic N) is 1. The molecule has 25 heavy (non-hydrogen) atoms. The van der Waals surface area contributed by atoms with Crippen molar-refractivity contribution in [2.24, 2.45) is 0 Å². The van der Waals surface area contributed by atoms with Crippen LogP contribution in [0.4, 0.5) is 0 Å². The maximum Gasteiger partial charge on any atom is 0.341 e. The number of benzene rings is 2. The first kappa shape index (κ1) is 17.4. The van der Waals surface area contributed by atoms with Gasteiger partial charge in [0.15, 0.2) is 6.61 Å².